The molecule has 4 nitrogen and oxygen atoms in total. The van der Waals surface area contributed by atoms with Crippen molar-refractivity contribution in [2.75, 3.05) is 13.1 Å². The van der Waals surface area contributed by atoms with Crippen molar-refractivity contribution in [2.45, 2.75) is 12.8 Å². The largest absolute Gasteiger partial charge is 0.355 e. The topological polar surface area (TPSA) is 58.2 Å². The van der Waals surface area contributed by atoms with Crippen molar-refractivity contribution in [3.05, 3.63) is 48.6 Å². The van der Waals surface area contributed by atoms with Gasteiger partial charge in [-0.25, -0.2) is 0 Å². The second-order valence-corrected chi connectivity index (χ2v) is 4.88. The van der Waals surface area contributed by atoms with E-state index in [2.05, 4.69) is 10.6 Å². The Morgan fingerprint density at radius 3 is 1.40 bits per heavy atom. The van der Waals surface area contributed by atoms with Crippen molar-refractivity contribution in [1.82, 2.24) is 10.6 Å². The minimum atomic E-state index is -0.115. The summed E-state index contributed by atoms with van der Waals surface area (Å²) in [5.74, 6) is -0.146. The zero-order valence-corrected chi connectivity index (χ0v) is 11.4. The minimum absolute atomic E-state index is 0.0419. The lowest BCUT2D eigenvalue weighted by Crippen LogP contribution is -2.31. The second-order valence-electron chi connectivity index (χ2n) is 4.88. The molecule has 2 amide bonds. The lowest BCUT2D eigenvalue weighted by Gasteiger charge is -2.09. The van der Waals surface area contributed by atoms with E-state index >= 15 is 0 Å². The number of unbranched alkanes of at least 4 members (excludes halogenated alkanes) is 1. The highest BCUT2D eigenvalue weighted by Gasteiger charge is 2.14. The van der Waals surface area contributed by atoms with Gasteiger partial charge in [0.05, 0.1) is 11.8 Å². The molecule has 0 radical (unpaired) electrons. The highest BCUT2D eigenvalue weighted by molar-refractivity contribution is 5.83. The maximum atomic E-state index is 11.7. The SMILES string of the molecule is O=C(NCCCCNC(=O)C1C=CC=C1)C1C=CC=C1. The molecule has 20 heavy (non-hydrogen) atoms. The summed E-state index contributed by atoms with van der Waals surface area (Å²) in [6.07, 6.45) is 16.7. The molecular formula is C16H20N2O2. The molecule has 0 atom stereocenters. The first-order valence-corrected chi connectivity index (χ1v) is 7.03. The summed E-state index contributed by atoms with van der Waals surface area (Å²) in [6, 6.07) is 0. The molecule has 0 spiro atoms. The van der Waals surface area contributed by atoms with Gasteiger partial charge in [0.25, 0.3) is 0 Å². The van der Waals surface area contributed by atoms with Crippen LogP contribution in [0.3, 0.4) is 0 Å². The molecule has 2 N–H and O–H groups in total. The van der Waals surface area contributed by atoms with Crippen LogP contribution in [0, 0.1) is 11.8 Å². The maximum Gasteiger partial charge on any atom is 0.230 e. The van der Waals surface area contributed by atoms with Crippen LogP contribution in [0.5, 0.6) is 0 Å². The van der Waals surface area contributed by atoms with E-state index in [4.69, 9.17) is 0 Å². The van der Waals surface area contributed by atoms with Crippen molar-refractivity contribution < 1.29 is 9.59 Å². The van der Waals surface area contributed by atoms with Gasteiger partial charge in [-0.1, -0.05) is 48.6 Å². The van der Waals surface area contributed by atoms with Gasteiger partial charge >= 0.3 is 0 Å². The number of hydrogen-bond donors (Lipinski definition) is 2. The first kappa shape index (κ1) is 14.3. The van der Waals surface area contributed by atoms with Gasteiger partial charge in [-0.15, -0.1) is 0 Å². The minimum Gasteiger partial charge on any atom is -0.355 e. The Labute approximate surface area is 119 Å². The Morgan fingerprint density at radius 2 is 1.05 bits per heavy atom. The van der Waals surface area contributed by atoms with Crippen molar-refractivity contribution in [3.63, 3.8) is 0 Å². The summed E-state index contributed by atoms with van der Waals surface area (Å²) in [4.78, 5) is 23.3. The van der Waals surface area contributed by atoms with Gasteiger partial charge in [0.2, 0.25) is 11.8 Å². The summed E-state index contributed by atoms with van der Waals surface area (Å²) in [6.45, 7) is 1.30. The molecule has 2 aliphatic rings. The van der Waals surface area contributed by atoms with Crippen LogP contribution in [0.4, 0.5) is 0 Å². The molecule has 0 aliphatic heterocycles. The third-order valence-electron chi connectivity index (χ3n) is 3.30. The van der Waals surface area contributed by atoms with Gasteiger partial charge in [-0.2, -0.15) is 0 Å². The summed E-state index contributed by atoms with van der Waals surface area (Å²) in [7, 11) is 0. The third-order valence-corrected chi connectivity index (χ3v) is 3.30. The fourth-order valence-corrected chi connectivity index (χ4v) is 2.12. The van der Waals surface area contributed by atoms with E-state index in [-0.39, 0.29) is 23.7 Å². The monoisotopic (exact) mass is 272 g/mol. The van der Waals surface area contributed by atoms with Crippen LogP contribution in [0.25, 0.3) is 0 Å². The molecular weight excluding hydrogens is 252 g/mol. The molecule has 106 valence electrons. The quantitative estimate of drug-likeness (QED) is 0.690. The number of amides is 2. The highest BCUT2D eigenvalue weighted by atomic mass is 16.2. The predicted octanol–water partition coefficient (Wildman–Crippen LogP) is 1.48. The molecule has 0 aromatic heterocycles. The van der Waals surface area contributed by atoms with Crippen LogP contribution >= 0.6 is 0 Å². The van der Waals surface area contributed by atoms with Gasteiger partial charge in [0.1, 0.15) is 0 Å². The Kier molecular flexibility index (Phi) is 5.35. The normalized spacial score (nSPS) is 17.0. The summed E-state index contributed by atoms with van der Waals surface area (Å²) < 4.78 is 0. The zero-order chi connectivity index (χ0) is 14.2. The van der Waals surface area contributed by atoms with Crippen molar-refractivity contribution in [3.8, 4) is 0 Å². The van der Waals surface area contributed by atoms with E-state index in [0.29, 0.717) is 13.1 Å². The van der Waals surface area contributed by atoms with Crippen molar-refractivity contribution in [2.24, 2.45) is 11.8 Å². The van der Waals surface area contributed by atoms with E-state index in [1.54, 1.807) is 0 Å². The molecule has 0 saturated heterocycles. The lowest BCUT2D eigenvalue weighted by molar-refractivity contribution is -0.123. The number of hydrogen-bond acceptors (Lipinski definition) is 2. The summed E-state index contributed by atoms with van der Waals surface area (Å²) in [5.41, 5.74) is 0. The molecule has 0 bridgehead atoms. The zero-order valence-electron chi connectivity index (χ0n) is 11.4. The third kappa shape index (κ3) is 4.23. The van der Waals surface area contributed by atoms with Crippen molar-refractivity contribution >= 4 is 11.8 Å². The smallest absolute Gasteiger partial charge is 0.230 e. The van der Waals surface area contributed by atoms with E-state index in [9.17, 15) is 9.59 Å². The van der Waals surface area contributed by atoms with E-state index in [0.717, 1.165) is 12.8 Å². The molecule has 0 fully saturated rings. The van der Waals surface area contributed by atoms with Crippen LogP contribution in [-0.2, 0) is 9.59 Å². The second kappa shape index (κ2) is 7.48. The molecule has 0 aromatic carbocycles. The number of rotatable bonds is 7. The fourth-order valence-electron chi connectivity index (χ4n) is 2.12. The number of carbonyl (C=O) groups excluding carboxylic acids is 2. The van der Waals surface area contributed by atoms with Crippen LogP contribution < -0.4 is 10.6 Å². The van der Waals surface area contributed by atoms with Gasteiger partial charge in [0, 0.05) is 13.1 Å². The van der Waals surface area contributed by atoms with Crippen LogP contribution in [0.15, 0.2) is 48.6 Å². The number of nitrogens with one attached hydrogen (secondary N) is 2. The molecule has 0 heterocycles. The van der Waals surface area contributed by atoms with E-state index in [1.165, 1.54) is 0 Å². The number of allylic oxidation sites excluding steroid dienone is 4. The molecule has 0 unspecified atom stereocenters. The summed E-state index contributed by atoms with van der Waals surface area (Å²) >= 11 is 0. The lowest BCUT2D eigenvalue weighted by atomic mass is 10.1. The fraction of sp³-hybridized carbons (Fsp3) is 0.375. The molecule has 0 saturated carbocycles. The van der Waals surface area contributed by atoms with Crippen LogP contribution in [0.1, 0.15) is 12.8 Å². The maximum absolute atomic E-state index is 11.7. The molecule has 0 aromatic rings. The summed E-state index contributed by atoms with van der Waals surface area (Å²) in [5, 5.41) is 5.78. The molecule has 4 heteroatoms. The van der Waals surface area contributed by atoms with Gasteiger partial charge in [-0.05, 0) is 12.8 Å². The first-order valence-electron chi connectivity index (χ1n) is 7.03. The van der Waals surface area contributed by atoms with Gasteiger partial charge in [-0.3, -0.25) is 9.59 Å². The van der Waals surface area contributed by atoms with Crippen molar-refractivity contribution in [1.29, 1.82) is 0 Å². The van der Waals surface area contributed by atoms with Crippen LogP contribution in [0.2, 0.25) is 0 Å². The van der Waals surface area contributed by atoms with Gasteiger partial charge in [0.15, 0.2) is 0 Å². The average molecular weight is 272 g/mol. The van der Waals surface area contributed by atoms with Gasteiger partial charge < -0.3 is 10.6 Å². The Balaban J connectivity index is 1.49. The first-order chi connectivity index (χ1) is 9.77. The molecule has 2 aliphatic carbocycles. The standard InChI is InChI=1S/C16H20N2O2/c19-15(13-7-1-2-8-13)17-11-5-6-12-18-16(20)14-9-3-4-10-14/h1-4,7-10,13-14H,5-6,11-12H2,(H,17,19)(H,18,20). The number of carbonyl (C=O) groups is 2. The van der Waals surface area contributed by atoms with E-state index < -0.39 is 0 Å². The molecule has 2 rings (SSSR count). The Bertz CT molecular complexity index is 407. The van der Waals surface area contributed by atoms with Crippen LogP contribution in [-0.4, -0.2) is 24.9 Å². The predicted molar refractivity (Wildman–Crippen MR) is 78.8 cm³/mol. The Morgan fingerprint density at radius 1 is 0.700 bits per heavy atom. The van der Waals surface area contributed by atoms with E-state index in [1.807, 2.05) is 48.6 Å². The highest BCUT2D eigenvalue weighted by Crippen LogP contribution is 2.09. The Hall–Kier alpha value is -2.10. The average Bonchev–Trinajstić information content (AvgIpc) is 3.14.